The van der Waals surface area contributed by atoms with Crippen LogP contribution in [-0.4, -0.2) is 43.5 Å². The molecule has 0 N–H and O–H groups in total. The number of likely N-dealkylation sites (tertiary alicyclic amines) is 1. The minimum absolute atomic E-state index is 0.226. The van der Waals surface area contributed by atoms with Crippen molar-refractivity contribution in [2.75, 3.05) is 13.1 Å². The van der Waals surface area contributed by atoms with Crippen molar-refractivity contribution >= 4 is 5.91 Å². The molecule has 26 heavy (non-hydrogen) atoms. The summed E-state index contributed by atoms with van der Waals surface area (Å²) in [4.78, 5) is 14.9. The van der Waals surface area contributed by atoms with E-state index in [0.717, 1.165) is 49.4 Å². The lowest BCUT2D eigenvalue weighted by Crippen LogP contribution is -2.39. The van der Waals surface area contributed by atoms with Crippen LogP contribution in [-0.2, 0) is 24.8 Å². The van der Waals surface area contributed by atoms with E-state index in [2.05, 4.69) is 41.7 Å². The van der Waals surface area contributed by atoms with E-state index in [1.54, 1.807) is 0 Å². The Morgan fingerprint density at radius 3 is 2.54 bits per heavy atom. The summed E-state index contributed by atoms with van der Waals surface area (Å²) in [5.74, 6) is 1.27. The molecule has 0 unspecified atom stereocenters. The monoisotopic (exact) mass is 357 g/mol. The molecule has 0 bridgehead atoms. The van der Waals surface area contributed by atoms with Gasteiger partial charge in [-0.05, 0) is 38.7 Å². The minimum Gasteiger partial charge on any atom is -0.342 e. The summed E-state index contributed by atoms with van der Waals surface area (Å²) in [7, 11) is 1.99. The lowest BCUT2D eigenvalue weighted by atomic mass is 9.93. The molecule has 3 rings (SSSR count). The zero-order valence-electron chi connectivity index (χ0n) is 16.7. The molecule has 3 heterocycles. The molecule has 1 fully saturated rings. The Labute approximate surface area is 156 Å². The molecule has 1 saturated heterocycles. The van der Waals surface area contributed by atoms with Gasteiger partial charge in [-0.25, -0.2) is 0 Å². The predicted octanol–water partition coefficient (Wildman–Crippen LogP) is 2.84. The van der Waals surface area contributed by atoms with Gasteiger partial charge in [-0.1, -0.05) is 13.8 Å². The quantitative estimate of drug-likeness (QED) is 0.827. The number of aromatic nitrogens is 4. The van der Waals surface area contributed by atoms with Gasteiger partial charge in [-0.2, -0.15) is 10.2 Å². The topological polar surface area (TPSA) is 56.0 Å². The Bertz CT molecular complexity index is 765. The van der Waals surface area contributed by atoms with Crippen molar-refractivity contribution in [1.29, 1.82) is 0 Å². The van der Waals surface area contributed by atoms with Crippen molar-refractivity contribution in [3.8, 4) is 0 Å². The third-order valence-corrected chi connectivity index (χ3v) is 5.52. The van der Waals surface area contributed by atoms with E-state index < -0.39 is 0 Å². The first-order chi connectivity index (χ1) is 12.4. The van der Waals surface area contributed by atoms with Crippen LogP contribution in [0.5, 0.6) is 0 Å². The zero-order chi connectivity index (χ0) is 18.8. The zero-order valence-corrected chi connectivity index (χ0v) is 16.7. The number of hydrogen-bond acceptors (Lipinski definition) is 3. The molecule has 2 aromatic rings. The van der Waals surface area contributed by atoms with E-state index in [4.69, 9.17) is 0 Å². The van der Waals surface area contributed by atoms with Crippen LogP contribution in [0.2, 0.25) is 0 Å². The summed E-state index contributed by atoms with van der Waals surface area (Å²) in [6.45, 7) is 11.0. The van der Waals surface area contributed by atoms with Crippen molar-refractivity contribution < 1.29 is 4.79 Å². The third kappa shape index (κ3) is 3.84. The fourth-order valence-corrected chi connectivity index (χ4v) is 3.99. The first-order valence-corrected chi connectivity index (χ1v) is 9.65. The Morgan fingerprint density at radius 1 is 1.27 bits per heavy atom. The molecule has 0 aromatic carbocycles. The molecule has 0 spiro atoms. The number of piperidine rings is 1. The van der Waals surface area contributed by atoms with Crippen LogP contribution in [0.15, 0.2) is 12.3 Å². The van der Waals surface area contributed by atoms with Gasteiger partial charge in [0.05, 0.1) is 12.1 Å². The van der Waals surface area contributed by atoms with Crippen molar-refractivity contribution in [1.82, 2.24) is 24.5 Å². The average Bonchev–Trinajstić information content (AvgIpc) is 3.13. The maximum Gasteiger partial charge on any atom is 0.227 e. The maximum atomic E-state index is 12.8. The van der Waals surface area contributed by atoms with E-state index in [1.807, 2.05) is 29.7 Å². The first-order valence-electron chi connectivity index (χ1n) is 9.65. The molecule has 1 aliphatic heterocycles. The highest BCUT2D eigenvalue weighted by Gasteiger charge is 2.26. The number of nitrogens with zero attached hydrogens (tertiary/aromatic N) is 5. The molecular formula is C20H31N5O. The molecule has 0 aliphatic carbocycles. The predicted molar refractivity (Wildman–Crippen MR) is 102 cm³/mol. The van der Waals surface area contributed by atoms with Gasteiger partial charge in [0.25, 0.3) is 0 Å². The largest absolute Gasteiger partial charge is 0.342 e. The summed E-state index contributed by atoms with van der Waals surface area (Å²) in [6.07, 6.45) is 4.34. The summed E-state index contributed by atoms with van der Waals surface area (Å²) < 4.78 is 4.01. The smallest absolute Gasteiger partial charge is 0.227 e. The second-order valence-electron chi connectivity index (χ2n) is 7.94. The van der Waals surface area contributed by atoms with Crippen LogP contribution in [0, 0.1) is 19.8 Å². The molecule has 142 valence electrons. The molecule has 1 aliphatic rings. The van der Waals surface area contributed by atoms with Gasteiger partial charge < -0.3 is 4.90 Å². The highest BCUT2D eigenvalue weighted by atomic mass is 16.2. The summed E-state index contributed by atoms with van der Waals surface area (Å²) in [5.41, 5.74) is 4.50. The van der Waals surface area contributed by atoms with Gasteiger partial charge >= 0.3 is 0 Å². The molecule has 0 radical (unpaired) electrons. The lowest BCUT2D eigenvalue weighted by molar-refractivity contribution is -0.131. The van der Waals surface area contributed by atoms with Crippen LogP contribution in [0.1, 0.15) is 55.3 Å². The van der Waals surface area contributed by atoms with Crippen LogP contribution < -0.4 is 0 Å². The van der Waals surface area contributed by atoms with Crippen LogP contribution in [0.25, 0.3) is 0 Å². The van der Waals surface area contributed by atoms with Crippen LogP contribution >= 0.6 is 0 Å². The summed E-state index contributed by atoms with van der Waals surface area (Å²) in [6, 6.07) is 2.10. The molecule has 0 saturated carbocycles. The Balaban J connectivity index is 1.61. The molecule has 6 heteroatoms. The number of rotatable bonds is 5. The summed E-state index contributed by atoms with van der Waals surface area (Å²) >= 11 is 0. The molecule has 2 aromatic heterocycles. The van der Waals surface area contributed by atoms with E-state index in [9.17, 15) is 4.79 Å². The second kappa shape index (κ2) is 7.64. The van der Waals surface area contributed by atoms with Gasteiger partial charge in [-0.3, -0.25) is 14.2 Å². The fourth-order valence-electron chi connectivity index (χ4n) is 3.99. The molecule has 6 nitrogen and oxygen atoms in total. The van der Waals surface area contributed by atoms with Gasteiger partial charge in [0.2, 0.25) is 5.91 Å². The van der Waals surface area contributed by atoms with Crippen molar-refractivity contribution in [2.45, 2.75) is 59.4 Å². The van der Waals surface area contributed by atoms with Crippen LogP contribution in [0.3, 0.4) is 0 Å². The normalized spacial score (nSPS) is 15.8. The van der Waals surface area contributed by atoms with Crippen molar-refractivity contribution in [3.63, 3.8) is 0 Å². The first kappa shape index (κ1) is 18.7. The number of carbonyl (C=O) groups excluding carboxylic acids is 1. The Morgan fingerprint density at radius 2 is 1.96 bits per heavy atom. The minimum atomic E-state index is 0.226. The maximum absolute atomic E-state index is 12.8. The van der Waals surface area contributed by atoms with Gasteiger partial charge in [0.1, 0.15) is 0 Å². The lowest BCUT2D eigenvalue weighted by Gasteiger charge is -2.32. The van der Waals surface area contributed by atoms with Gasteiger partial charge in [0, 0.05) is 55.7 Å². The highest BCUT2D eigenvalue weighted by Crippen LogP contribution is 2.28. The van der Waals surface area contributed by atoms with Gasteiger partial charge in [-0.15, -0.1) is 0 Å². The molecule has 0 atom stereocenters. The standard InChI is InChI=1S/C20H31N5O/c1-14(2)13-25-16(4)18(15(3)22-25)12-20(26)24-10-7-17(8-11-24)19-6-9-21-23(19)5/h6,9,14,17H,7-8,10-13H2,1-5H3. The van der Waals surface area contributed by atoms with E-state index >= 15 is 0 Å². The SMILES string of the molecule is Cc1nn(CC(C)C)c(C)c1CC(=O)N1CCC(c2ccnn2C)CC1. The third-order valence-electron chi connectivity index (χ3n) is 5.52. The second-order valence-corrected chi connectivity index (χ2v) is 7.94. The number of amides is 1. The Hall–Kier alpha value is -2.11. The number of carbonyl (C=O) groups is 1. The van der Waals surface area contributed by atoms with Crippen molar-refractivity contribution in [3.05, 3.63) is 34.9 Å². The number of hydrogen-bond donors (Lipinski definition) is 0. The Kier molecular flexibility index (Phi) is 5.49. The van der Waals surface area contributed by atoms with Crippen LogP contribution in [0.4, 0.5) is 0 Å². The van der Waals surface area contributed by atoms with Crippen molar-refractivity contribution in [2.24, 2.45) is 13.0 Å². The van der Waals surface area contributed by atoms with E-state index in [1.165, 1.54) is 5.69 Å². The highest BCUT2D eigenvalue weighted by molar-refractivity contribution is 5.79. The molecule has 1 amide bonds. The number of aryl methyl sites for hydroxylation is 2. The fraction of sp³-hybridized carbons (Fsp3) is 0.650. The summed E-state index contributed by atoms with van der Waals surface area (Å²) in [5, 5.41) is 8.91. The van der Waals surface area contributed by atoms with Gasteiger partial charge in [0.15, 0.2) is 0 Å². The van der Waals surface area contributed by atoms with E-state index in [0.29, 0.717) is 18.3 Å². The van der Waals surface area contributed by atoms with E-state index in [-0.39, 0.29) is 5.91 Å². The molecular weight excluding hydrogens is 326 g/mol. The average molecular weight is 358 g/mol.